The lowest BCUT2D eigenvalue weighted by Crippen LogP contribution is -2.20. The number of rotatable bonds is 4. The van der Waals surface area contributed by atoms with Crippen molar-refractivity contribution in [3.05, 3.63) is 49.3 Å². The zero-order valence-corrected chi connectivity index (χ0v) is 13.3. The van der Waals surface area contributed by atoms with Crippen molar-refractivity contribution in [2.45, 2.75) is 12.5 Å². The molecule has 0 aliphatic heterocycles. The smallest absolute Gasteiger partial charge is 0.0719 e. The zero-order valence-electron chi connectivity index (χ0n) is 9.28. The Morgan fingerprint density at radius 2 is 2.29 bits per heavy atom. The molecule has 0 aliphatic rings. The van der Waals surface area contributed by atoms with Crippen LogP contribution in [0.15, 0.2) is 38.7 Å². The van der Waals surface area contributed by atoms with E-state index >= 15 is 0 Å². The minimum absolute atomic E-state index is 0.233. The summed E-state index contributed by atoms with van der Waals surface area (Å²) in [6, 6.07) is 6.50. The predicted octanol–water partition coefficient (Wildman–Crippen LogP) is 4.17. The van der Waals surface area contributed by atoms with Gasteiger partial charge in [0, 0.05) is 26.4 Å². The van der Waals surface area contributed by atoms with Gasteiger partial charge < -0.3 is 5.32 Å². The van der Waals surface area contributed by atoms with Gasteiger partial charge in [0.25, 0.3) is 0 Å². The van der Waals surface area contributed by atoms with Gasteiger partial charge in [-0.2, -0.15) is 0 Å². The van der Waals surface area contributed by atoms with Crippen molar-refractivity contribution in [1.82, 2.24) is 10.3 Å². The highest BCUT2D eigenvalue weighted by Crippen LogP contribution is 2.27. The maximum Gasteiger partial charge on any atom is 0.0719 e. The molecular weight excluding hydrogens is 364 g/mol. The van der Waals surface area contributed by atoms with Crippen LogP contribution < -0.4 is 5.32 Å². The standard InChI is InChI=1S/C12H12Br2N2S/c1-15-11(6-9-3-2-4-17-9)12-10(14)5-8(13)7-16-12/h2-5,7,11,15H,6H2,1H3. The normalized spacial score (nSPS) is 12.6. The molecule has 0 spiro atoms. The van der Waals surface area contributed by atoms with Crippen LogP contribution in [0.3, 0.4) is 0 Å². The van der Waals surface area contributed by atoms with Gasteiger partial charge in [-0.25, -0.2) is 0 Å². The van der Waals surface area contributed by atoms with Gasteiger partial charge in [-0.1, -0.05) is 6.07 Å². The van der Waals surface area contributed by atoms with Crippen LogP contribution in [0.1, 0.15) is 16.6 Å². The number of nitrogens with one attached hydrogen (secondary N) is 1. The number of thiophene rings is 1. The minimum Gasteiger partial charge on any atom is -0.311 e. The Labute approximate surface area is 122 Å². The molecule has 0 radical (unpaired) electrons. The van der Waals surface area contributed by atoms with E-state index in [-0.39, 0.29) is 6.04 Å². The van der Waals surface area contributed by atoms with E-state index in [1.54, 1.807) is 11.3 Å². The third-order valence-corrected chi connectivity index (χ3v) is 4.47. The van der Waals surface area contributed by atoms with Crippen LogP contribution >= 0.6 is 43.2 Å². The summed E-state index contributed by atoms with van der Waals surface area (Å²) in [5.41, 5.74) is 1.05. The molecule has 0 bridgehead atoms. The molecule has 2 aromatic heterocycles. The number of nitrogens with zero attached hydrogens (tertiary/aromatic N) is 1. The number of hydrogen-bond donors (Lipinski definition) is 1. The van der Waals surface area contributed by atoms with Gasteiger partial charge in [0.15, 0.2) is 0 Å². The first kappa shape index (κ1) is 13.2. The van der Waals surface area contributed by atoms with Crippen molar-refractivity contribution in [3.63, 3.8) is 0 Å². The molecule has 0 saturated heterocycles. The van der Waals surface area contributed by atoms with Crippen LogP contribution in [0.5, 0.6) is 0 Å². The number of aromatic nitrogens is 1. The van der Waals surface area contributed by atoms with Crippen molar-refractivity contribution >= 4 is 43.2 Å². The summed E-state index contributed by atoms with van der Waals surface area (Å²) in [6.07, 6.45) is 2.79. The van der Waals surface area contributed by atoms with Crippen molar-refractivity contribution in [2.24, 2.45) is 0 Å². The molecule has 1 atom stereocenters. The monoisotopic (exact) mass is 374 g/mol. The first-order chi connectivity index (χ1) is 8.20. The lowest BCUT2D eigenvalue weighted by atomic mass is 10.1. The fourth-order valence-electron chi connectivity index (χ4n) is 1.65. The number of halogens is 2. The highest BCUT2D eigenvalue weighted by molar-refractivity contribution is 9.11. The first-order valence-corrected chi connectivity index (χ1v) is 7.68. The summed E-state index contributed by atoms with van der Waals surface area (Å²) in [5.74, 6) is 0. The van der Waals surface area contributed by atoms with Gasteiger partial charge in [-0.15, -0.1) is 11.3 Å². The number of pyridine rings is 1. The summed E-state index contributed by atoms with van der Waals surface area (Å²) < 4.78 is 2.02. The van der Waals surface area contributed by atoms with E-state index in [2.05, 4.69) is 59.7 Å². The van der Waals surface area contributed by atoms with Gasteiger partial charge in [0.2, 0.25) is 0 Å². The minimum atomic E-state index is 0.233. The Balaban J connectivity index is 2.23. The SMILES string of the molecule is CNC(Cc1cccs1)c1ncc(Br)cc1Br. The summed E-state index contributed by atoms with van der Waals surface area (Å²) in [6.45, 7) is 0. The zero-order chi connectivity index (χ0) is 12.3. The van der Waals surface area contributed by atoms with Gasteiger partial charge in [0.1, 0.15) is 0 Å². The van der Waals surface area contributed by atoms with Gasteiger partial charge >= 0.3 is 0 Å². The molecule has 0 amide bonds. The molecule has 17 heavy (non-hydrogen) atoms. The van der Waals surface area contributed by atoms with Crippen LogP contribution in [0.4, 0.5) is 0 Å². The van der Waals surface area contributed by atoms with Gasteiger partial charge in [0.05, 0.1) is 11.7 Å². The van der Waals surface area contributed by atoms with E-state index in [0.717, 1.165) is 21.1 Å². The second-order valence-corrected chi connectivity index (χ2v) is 6.45. The van der Waals surface area contributed by atoms with Crippen LogP contribution in [-0.4, -0.2) is 12.0 Å². The number of hydrogen-bond acceptors (Lipinski definition) is 3. The second kappa shape index (κ2) is 6.09. The van der Waals surface area contributed by atoms with Crippen LogP contribution in [0, 0.1) is 0 Å². The molecule has 0 saturated carbocycles. The van der Waals surface area contributed by atoms with E-state index in [4.69, 9.17) is 0 Å². The molecule has 5 heteroatoms. The van der Waals surface area contributed by atoms with Crippen LogP contribution in [0.25, 0.3) is 0 Å². The third-order valence-electron chi connectivity index (χ3n) is 2.50. The van der Waals surface area contributed by atoms with E-state index in [1.807, 2.05) is 19.3 Å². The molecule has 0 aliphatic carbocycles. The summed E-state index contributed by atoms with van der Waals surface area (Å²) >= 11 is 8.76. The Hall–Kier alpha value is -0.230. The maximum atomic E-state index is 4.48. The molecular formula is C12H12Br2N2S. The lowest BCUT2D eigenvalue weighted by Gasteiger charge is -2.16. The molecule has 0 fully saturated rings. The topological polar surface area (TPSA) is 24.9 Å². The third kappa shape index (κ3) is 3.37. The Morgan fingerprint density at radius 1 is 1.47 bits per heavy atom. The van der Waals surface area contributed by atoms with E-state index in [1.165, 1.54) is 4.88 Å². The maximum absolute atomic E-state index is 4.48. The Bertz CT molecular complexity index is 485. The number of likely N-dealkylation sites (N-methyl/N-ethyl adjacent to an activating group) is 1. The van der Waals surface area contributed by atoms with E-state index < -0.39 is 0 Å². The first-order valence-electron chi connectivity index (χ1n) is 5.21. The molecule has 2 aromatic rings. The van der Waals surface area contributed by atoms with E-state index in [0.29, 0.717) is 0 Å². The molecule has 2 rings (SSSR count). The van der Waals surface area contributed by atoms with Crippen molar-refractivity contribution in [1.29, 1.82) is 0 Å². The largest absolute Gasteiger partial charge is 0.311 e. The fraction of sp³-hybridized carbons (Fsp3) is 0.250. The average molecular weight is 376 g/mol. The Kier molecular flexibility index (Phi) is 4.73. The molecule has 1 unspecified atom stereocenters. The quantitative estimate of drug-likeness (QED) is 0.867. The van der Waals surface area contributed by atoms with E-state index in [9.17, 15) is 0 Å². The summed E-state index contributed by atoms with van der Waals surface area (Å²) in [7, 11) is 1.97. The fourth-order valence-corrected chi connectivity index (χ4v) is 3.66. The van der Waals surface area contributed by atoms with Crippen molar-refractivity contribution in [2.75, 3.05) is 7.05 Å². The molecule has 2 nitrogen and oxygen atoms in total. The van der Waals surface area contributed by atoms with Crippen molar-refractivity contribution in [3.8, 4) is 0 Å². The Morgan fingerprint density at radius 3 is 2.88 bits per heavy atom. The highest BCUT2D eigenvalue weighted by Gasteiger charge is 2.15. The summed E-state index contributed by atoms with van der Waals surface area (Å²) in [4.78, 5) is 5.84. The van der Waals surface area contributed by atoms with Crippen molar-refractivity contribution < 1.29 is 0 Å². The lowest BCUT2D eigenvalue weighted by molar-refractivity contribution is 0.577. The highest BCUT2D eigenvalue weighted by atomic mass is 79.9. The van der Waals surface area contributed by atoms with Crippen LogP contribution in [-0.2, 0) is 6.42 Å². The molecule has 2 heterocycles. The molecule has 0 aromatic carbocycles. The predicted molar refractivity (Wildman–Crippen MR) is 79.5 cm³/mol. The van der Waals surface area contributed by atoms with Gasteiger partial charge in [-0.3, -0.25) is 4.98 Å². The average Bonchev–Trinajstić information content (AvgIpc) is 2.79. The second-order valence-electron chi connectivity index (χ2n) is 3.65. The van der Waals surface area contributed by atoms with Crippen LogP contribution in [0.2, 0.25) is 0 Å². The summed E-state index contributed by atoms with van der Waals surface area (Å²) in [5, 5.41) is 5.42. The molecule has 1 N–H and O–H groups in total. The van der Waals surface area contributed by atoms with Gasteiger partial charge in [-0.05, 0) is 56.4 Å². The molecule has 90 valence electrons.